The monoisotopic (exact) mass is 348 g/mol. The van der Waals surface area contributed by atoms with Gasteiger partial charge in [0.05, 0.1) is 6.04 Å². The first-order chi connectivity index (χ1) is 12.2. The van der Waals surface area contributed by atoms with Crippen LogP contribution in [-0.4, -0.2) is 79.7 Å². The Hall–Kier alpha value is -1.57. The van der Waals surface area contributed by atoms with Gasteiger partial charge in [-0.05, 0) is 25.0 Å². The minimum absolute atomic E-state index is 0.0323. The molecule has 7 nitrogen and oxygen atoms in total. The summed E-state index contributed by atoms with van der Waals surface area (Å²) in [5.74, 6) is 1.68. The third-order valence-electron chi connectivity index (χ3n) is 5.69. The van der Waals surface area contributed by atoms with Crippen LogP contribution in [0, 0.1) is 0 Å². The van der Waals surface area contributed by atoms with E-state index in [-0.39, 0.29) is 12.1 Å². The van der Waals surface area contributed by atoms with Gasteiger partial charge in [0.1, 0.15) is 18.1 Å². The molecule has 5 rings (SSSR count). The van der Waals surface area contributed by atoms with E-state index >= 15 is 0 Å². The summed E-state index contributed by atoms with van der Waals surface area (Å²) in [7, 11) is 1.65. The summed E-state index contributed by atoms with van der Waals surface area (Å²) >= 11 is 0. The second kappa shape index (κ2) is 7.35. The fourth-order valence-electron chi connectivity index (χ4n) is 4.32. The van der Waals surface area contributed by atoms with Crippen LogP contribution in [-0.2, 0) is 11.3 Å². The van der Waals surface area contributed by atoms with Crippen LogP contribution in [0.3, 0.4) is 0 Å². The molecule has 0 saturated carbocycles. The molecule has 2 amide bonds. The number of carbonyl (C=O) groups excluding carboxylic acids is 1. The number of piperazine rings is 3. The number of urea groups is 1. The summed E-state index contributed by atoms with van der Waals surface area (Å²) in [5, 5.41) is 3.16. The maximum Gasteiger partial charge on any atom is 0.318 e. The van der Waals surface area contributed by atoms with Crippen LogP contribution in [0.25, 0.3) is 0 Å². The number of hydrogen-bond donors (Lipinski definition) is 1. The average molecular weight is 348 g/mol. The van der Waals surface area contributed by atoms with E-state index in [2.05, 4.69) is 15.1 Å². The standard InChI is InChI=1S/C18H28N4O3/c1-24-13-15-4-5-17(25-15)16-3-2-6-22(16)18(23)19-11-14-12-20-7-9-21(14)10-8-20/h4-5,14,16H,2-3,6-13H2,1H3,(H,19,23)/t14-,16+/m0/s1. The molecule has 4 saturated heterocycles. The molecule has 5 heterocycles. The van der Waals surface area contributed by atoms with E-state index in [1.807, 2.05) is 17.0 Å². The molecule has 0 aliphatic carbocycles. The fraction of sp³-hybridized carbons (Fsp3) is 0.722. The molecule has 1 aromatic heterocycles. The van der Waals surface area contributed by atoms with Crippen molar-refractivity contribution in [1.82, 2.24) is 20.0 Å². The highest BCUT2D eigenvalue weighted by Crippen LogP contribution is 2.33. The smallest absolute Gasteiger partial charge is 0.318 e. The van der Waals surface area contributed by atoms with Gasteiger partial charge in [-0.1, -0.05) is 0 Å². The zero-order chi connectivity index (χ0) is 17.2. The quantitative estimate of drug-likeness (QED) is 0.868. The van der Waals surface area contributed by atoms with Crippen LogP contribution < -0.4 is 5.32 Å². The average Bonchev–Trinajstić information content (AvgIpc) is 3.30. The van der Waals surface area contributed by atoms with Crippen LogP contribution >= 0.6 is 0 Å². The van der Waals surface area contributed by atoms with Crippen molar-refractivity contribution in [3.05, 3.63) is 23.7 Å². The van der Waals surface area contributed by atoms with Crippen molar-refractivity contribution >= 4 is 6.03 Å². The Morgan fingerprint density at radius 2 is 2.12 bits per heavy atom. The molecule has 25 heavy (non-hydrogen) atoms. The molecule has 2 atom stereocenters. The maximum absolute atomic E-state index is 12.7. The predicted molar refractivity (Wildman–Crippen MR) is 93.3 cm³/mol. The number of likely N-dealkylation sites (tertiary alicyclic amines) is 1. The van der Waals surface area contributed by atoms with E-state index in [0.29, 0.717) is 12.6 Å². The molecule has 2 bridgehead atoms. The Bertz CT molecular complexity index is 597. The molecule has 4 fully saturated rings. The van der Waals surface area contributed by atoms with Gasteiger partial charge in [0.2, 0.25) is 0 Å². The Balaban J connectivity index is 1.34. The molecule has 1 N–H and O–H groups in total. The van der Waals surface area contributed by atoms with Crippen molar-refractivity contribution in [3.63, 3.8) is 0 Å². The molecule has 4 aliphatic heterocycles. The van der Waals surface area contributed by atoms with E-state index in [1.54, 1.807) is 7.11 Å². The number of carbonyl (C=O) groups is 1. The van der Waals surface area contributed by atoms with Crippen LogP contribution in [0.1, 0.15) is 30.4 Å². The number of amides is 2. The largest absolute Gasteiger partial charge is 0.461 e. The number of methoxy groups -OCH3 is 1. The molecule has 0 radical (unpaired) electrons. The lowest BCUT2D eigenvalue weighted by molar-refractivity contribution is 0.0142. The summed E-state index contributed by atoms with van der Waals surface area (Å²) in [6.45, 7) is 7.64. The molecular weight excluding hydrogens is 320 g/mol. The number of furan rings is 1. The summed E-state index contributed by atoms with van der Waals surface area (Å²) < 4.78 is 11.0. The molecule has 0 unspecified atom stereocenters. The zero-order valence-electron chi connectivity index (χ0n) is 14.9. The lowest BCUT2D eigenvalue weighted by Crippen LogP contribution is -2.63. The molecule has 7 heteroatoms. The van der Waals surface area contributed by atoms with Gasteiger partial charge in [-0.15, -0.1) is 0 Å². The Morgan fingerprint density at radius 3 is 2.84 bits per heavy atom. The molecular formula is C18H28N4O3. The third-order valence-corrected chi connectivity index (χ3v) is 5.69. The molecule has 0 aromatic carbocycles. The maximum atomic E-state index is 12.7. The number of nitrogens with one attached hydrogen (secondary N) is 1. The van der Waals surface area contributed by atoms with E-state index in [9.17, 15) is 4.79 Å². The normalized spacial score (nSPS) is 31.5. The minimum atomic E-state index is 0.0323. The van der Waals surface area contributed by atoms with Gasteiger partial charge in [0, 0.05) is 59.0 Å². The van der Waals surface area contributed by atoms with Gasteiger partial charge in [0.15, 0.2) is 0 Å². The first-order valence-electron chi connectivity index (χ1n) is 9.33. The molecule has 138 valence electrons. The van der Waals surface area contributed by atoms with E-state index < -0.39 is 0 Å². The van der Waals surface area contributed by atoms with Gasteiger partial charge in [-0.2, -0.15) is 0 Å². The van der Waals surface area contributed by atoms with Gasteiger partial charge in [-0.3, -0.25) is 9.80 Å². The van der Waals surface area contributed by atoms with E-state index in [4.69, 9.17) is 9.15 Å². The Kier molecular flexibility index (Phi) is 4.96. The van der Waals surface area contributed by atoms with Crippen molar-refractivity contribution in [2.75, 3.05) is 52.9 Å². The van der Waals surface area contributed by atoms with Crippen molar-refractivity contribution in [2.24, 2.45) is 0 Å². The highest BCUT2D eigenvalue weighted by Gasteiger charge is 2.35. The summed E-state index contributed by atoms with van der Waals surface area (Å²) in [5.41, 5.74) is 0. The first kappa shape index (κ1) is 16.9. The molecule has 0 spiro atoms. The number of fused-ring (bicyclic) bond motifs is 3. The third kappa shape index (κ3) is 3.54. The summed E-state index contributed by atoms with van der Waals surface area (Å²) in [6, 6.07) is 4.43. The van der Waals surface area contributed by atoms with Crippen molar-refractivity contribution < 1.29 is 13.9 Å². The minimum Gasteiger partial charge on any atom is -0.461 e. The van der Waals surface area contributed by atoms with E-state index in [1.165, 1.54) is 13.1 Å². The summed E-state index contributed by atoms with van der Waals surface area (Å²) in [4.78, 5) is 19.7. The topological polar surface area (TPSA) is 61.2 Å². The van der Waals surface area contributed by atoms with Crippen LogP contribution in [0.2, 0.25) is 0 Å². The highest BCUT2D eigenvalue weighted by molar-refractivity contribution is 5.75. The Morgan fingerprint density at radius 1 is 1.28 bits per heavy atom. The summed E-state index contributed by atoms with van der Waals surface area (Å²) in [6.07, 6.45) is 1.97. The van der Waals surface area contributed by atoms with Gasteiger partial charge in [-0.25, -0.2) is 4.79 Å². The number of nitrogens with zero attached hydrogens (tertiary/aromatic N) is 3. The lowest BCUT2D eigenvalue weighted by Gasteiger charge is -2.47. The van der Waals surface area contributed by atoms with Gasteiger partial charge < -0.3 is 19.4 Å². The van der Waals surface area contributed by atoms with Crippen LogP contribution in [0.5, 0.6) is 0 Å². The predicted octanol–water partition coefficient (Wildman–Crippen LogP) is 1.27. The second-order valence-electron chi connectivity index (χ2n) is 7.26. The number of ether oxygens (including phenoxy) is 1. The number of hydrogen-bond acceptors (Lipinski definition) is 5. The second-order valence-corrected chi connectivity index (χ2v) is 7.26. The molecule has 1 aromatic rings. The van der Waals surface area contributed by atoms with Gasteiger partial charge in [0.25, 0.3) is 0 Å². The van der Waals surface area contributed by atoms with Crippen molar-refractivity contribution in [1.29, 1.82) is 0 Å². The first-order valence-corrected chi connectivity index (χ1v) is 9.33. The lowest BCUT2D eigenvalue weighted by atomic mass is 10.1. The van der Waals surface area contributed by atoms with Crippen molar-refractivity contribution in [3.8, 4) is 0 Å². The number of rotatable bonds is 5. The fourth-order valence-corrected chi connectivity index (χ4v) is 4.32. The highest BCUT2D eigenvalue weighted by atomic mass is 16.5. The van der Waals surface area contributed by atoms with Crippen molar-refractivity contribution in [2.45, 2.75) is 31.5 Å². The SMILES string of the molecule is COCc1ccc([C@H]2CCCN2C(=O)NC[C@H]2CN3CCN2CC3)o1. The zero-order valence-corrected chi connectivity index (χ0v) is 14.9. The van der Waals surface area contributed by atoms with E-state index in [0.717, 1.165) is 57.1 Å². The Labute approximate surface area is 148 Å². The molecule has 4 aliphatic rings. The van der Waals surface area contributed by atoms with Crippen LogP contribution in [0.4, 0.5) is 4.79 Å². The van der Waals surface area contributed by atoms with Crippen LogP contribution in [0.15, 0.2) is 16.5 Å². The van der Waals surface area contributed by atoms with Gasteiger partial charge >= 0.3 is 6.03 Å².